The van der Waals surface area contributed by atoms with E-state index >= 15 is 0 Å². The van der Waals surface area contributed by atoms with E-state index in [9.17, 15) is 9.59 Å². The van der Waals surface area contributed by atoms with Crippen LogP contribution in [0.1, 0.15) is 56.8 Å². The number of hydrogen-bond acceptors (Lipinski definition) is 6. The molecule has 0 radical (unpaired) electrons. The molecule has 1 atom stereocenters. The van der Waals surface area contributed by atoms with Crippen molar-refractivity contribution >= 4 is 11.9 Å². The van der Waals surface area contributed by atoms with Gasteiger partial charge in [-0.15, -0.1) is 5.10 Å². The monoisotopic (exact) mass is 297 g/mol. The molecule has 0 aliphatic carbocycles. The van der Waals surface area contributed by atoms with Gasteiger partial charge in [-0.25, -0.2) is 9.48 Å². The van der Waals surface area contributed by atoms with Crippen molar-refractivity contribution in [3.05, 3.63) is 11.4 Å². The van der Waals surface area contributed by atoms with Crippen molar-refractivity contribution in [2.75, 3.05) is 6.61 Å². The lowest BCUT2D eigenvalue weighted by Crippen LogP contribution is -2.44. The minimum Gasteiger partial charge on any atom is -0.461 e. The van der Waals surface area contributed by atoms with E-state index in [1.54, 1.807) is 13.8 Å². The highest BCUT2D eigenvalue weighted by atomic mass is 16.5. The molecule has 0 saturated carbocycles. The summed E-state index contributed by atoms with van der Waals surface area (Å²) in [4.78, 5) is 23.9. The van der Waals surface area contributed by atoms with Crippen LogP contribution in [-0.2, 0) is 16.1 Å². The summed E-state index contributed by atoms with van der Waals surface area (Å²) in [5.41, 5.74) is 5.72. The minimum absolute atomic E-state index is 0.0360. The lowest BCUT2D eigenvalue weighted by molar-refractivity contribution is -0.125. The van der Waals surface area contributed by atoms with Gasteiger partial charge < -0.3 is 15.8 Å². The number of nitrogens with two attached hydrogens (primary N) is 1. The highest BCUT2D eigenvalue weighted by molar-refractivity contribution is 5.88. The van der Waals surface area contributed by atoms with Gasteiger partial charge in [0.15, 0.2) is 5.69 Å². The molecule has 0 aliphatic heterocycles. The van der Waals surface area contributed by atoms with E-state index in [0.29, 0.717) is 5.69 Å². The van der Waals surface area contributed by atoms with E-state index in [0.717, 1.165) is 0 Å². The summed E-state index contributed by atoms with van der Waals surface area (Å²) in [5.74, 6) is -0.815. The SMILES string of the molecule is CCOC(=O)c1nnn(C(C)C(=O)NC(C)(C)C)c1CN. The number of amides is 1. The maximum atomic E-state index is 12.2. The molecule has 118 valence electrons. The minimum atomic E-state index is -0.626. The van der Waals surface area contributed by atoms with Crippen molar-refractivity contribution in [2.45, 2.75) is 52.7 Å². The van der Waals surface area contributed by atoms with Gasteiger partial charge in [-0.3, -0.25) is 4.79 Å². The molecule has 0 aliphatic rings. The standard InChI is InChI=1S/C13H23N5O3/c1-6-21-12(20)10-9(7-14)18(17-16-10)8(2)11(19)15-13(3,4)5/h8H,6-7,14H2,1-5H3,(H,15,19). The lowest BCUT2D eigenvalue weighted by atomic mass is 10.1. The maximum absolute atomic E-state index is 12.2. The molecular formula is C13H23N5O3. The van der Waals surface area contributed by atoms with Gasteiger partial charge in [-0.1, -0.05) is 5.21 Å². The first kappa shape index (κ1) is 17.1. The zero-order valence-electron chi connectivity index (χ0n) is 13.1. The summed E-state index contributed by atoms with van der Waals surface area (Å²) in [7, 11) is 0. The third-order valence-electron chi connectivity index (χ3n) is 2.70. The lowest BCUT2D eigenvalue weighted by Gasteiger charge is -2.23. The Labute approximate surface area is 124 Å². The molecular weight excluding hydrogens is 274 g/mol. The molecule has 21 heavy (non-hydrogen) atoms. The predicted molar refractivity (Wildman–Crippen MR) is 76.5 cm³/mol. The zero-order valence-corrected chi connectivity index (χ0v) is 13.1. The van der Waals surface area contributed by atoms with Crippen molar-refractivity contribution in [1.82, 2.24) is 20.3 Å². The van der Waals surface area contributed by atoms with E-state index < -0.39 is 12.0 Å². The van der Waals surface area contributed by atoms with Crippen LogP contribution in [0, 0.1) is 0 Å². The van der Waals surface area contributed by atoms with E-state index in [4.69, 9.17) is 10.5 Å². The topological polar surface area (TPSA) is 112 Å². The average Bonchev–Trinajstić information content (AvgIpc) is 2.79. The van der Waals surface area contributed by atoms with Crippen LogP contribution in [0.5, 0.6) is 0 Å². The van der Waals surface area contributed by atoms with Crippen LogP contribution in [0.15, 0.2) is 0 Å². The van der Waals surface area contributed by atoms with Gasteiger partial charge in [0.25, 0.3) is 0 Å². The molecule has 8 nitrogen and oxygen atoms in total. The first-order chi connectivity index (χ1) is 9.71. The van der Waals surface area contributed by atoms with Crippen LogP contribution in [0.25, 0.3) is 0 Å². The summed E-state index contributed by atoms with van der Waals surface area (Å²) in [5, 5.41) is 10.5. The number of nitrogens with one attached hydrogen (secondary N) is 1. The molecule has 1 heterocycles. The first-order valence-electron chi connectivity index (χ1n) is 6.84. The molecule has 1 aromatic heterocycles. The average molecular weight is 297 g/mol. The molecule has 1 aromatic rings. The Morgan fingerprint density at radius 3 is 2.52 bits per heavy atom. The molecule has 1 unspecified atom stereocenters. The molecule has 8 heteroatoms. The van der Waals surface area contributed by atoms with E-state index in [1.807, 2.05) is 20.8 Å². The Bertz CT molecular complexity index is 518. The smallest absolute Gasteiger partial charge is 0.360 e. The molecule has 0 fully saturated rings. The number of esters is 1. The summed E-state index contributed by atoms with van der Waals surface area (Å²) >= 11 is 0. The summed E-state index contributed by atoms with van der Waals surface area (Å²) < 4.78 is 6.25. The van der Waals surface area contributed by atoms with Crippen LogP contribution in [0.3, 0.4) is 0 Å². The highest BCUT2D eigenvalue weighted by Gasteiger charge is 2.27. The Morgan fingerprint density at radius 2 is 2.05 bits per heavy atom. The van der Waals surface area contributed by atoms with Crippen molar-refractivity contribution < 1.29 is 14.3 Å². The normalized spacial score (nSPS) is 12.9. The van der Waals surface area contributed by atoms with Crippen LogP contribution in [0.4, 0.5) is 0 Å². The van der Waals surface area contributed by atoms with E-state index in [2.05, 4.69) is 15.6 Å². The van der Waals surface area contributed by atoms with Gasteiger partial charge >= 0.3 is 5.97 Å². The summed E-state index contributed by atoms with van der Waals surface area (Å²) in [6.07, 6.45) is 0. The fourth-order valence-corrected chi connectivity index (χ4v) is 1.76. The second kappa shape index (κ2) is 6.66. The molecule has 0 saturated heterocycles. The van der Waals surface area contributed by atoms with Gasteiger partial charge in [0.2, 0.25) is 5.91 Å². The summed E-state index contributed by atoms with van der Waals surface area (Å²) in [6, 6.07) is -0.626. The Morgan fingerprint density at radius 1 is 1.43 bits per heavy atom. The third kappa shape index (κ3) is 4.25. The van der Waals surface area contributed by atoms with Crippen molar-refractivity contribution in [3.8, 4) is 0 Å². The molecule has 0 bridgehead atoms. The Balaban J connectivity index is 3.03. The van der Waals surface area contributed by atoms with Gasteiger partial charge in [0.05, 0.1) is 12.3 Å². The van der Waals surface area contributed by atoms with Crippen LogP contribution in [0.2, 0.25) is 0 Å². The number of carbonyl (C=O) groups excluding carboxylic acids is 2. The summed E-state index contributed by atoms with van der Waals surface area (Å²) in [6.45, 7) is 9.28. The number of carbonyl (C=O) groups is 2. The molecule has 3 N–H and O–H groups in total. The van der Waals surface area contributed by atoms with Crippen LogP contribution in [-0.4, -0.2) is 39.0 Å². The molecule has 0 spiro atoms. The number of hydrogen-bond donors (Lipinski definition) is 2. The van der Waals surface area contributed by atoms with Gasteiger partial charge in [0, 0.05) is 12.1 Å². The van der Waals surface area contributed by atoms with Crippen LogP contribution < -0.4 is 11.1 Å². The Kier molecular flexibility index (Phi) is 5.42. The van der Waals surface area contributed by atoms with Crippen molar-refractivity contribution in [3.63, 3.8) is 0 Å². The predicted octanol–water partition coefficient (Wildman–Crippen LogP) is 0.389. The quantitative estimate of drug-likeness (QED) is 0.760. The molecule has 1 rings (SSSR count). The van der Waals surface area contributed by atoms with Crippen LogP contribution >= 0.6 is 0 Å². The van der Waals surface area contributed by atoms with Crippen molar-refractivity contribution in [1.29, 1.82) is 0 Å². The van der Waals surface area contributed by atoms with Gasteiger partial charge in [0.1, 0.15) is 6.04 Å². The van der Waals surface area contributed by atoms with E-state index in [1.165, 1.54) is 4.68 Å². The number of nitrogens with zero attached hydrogens (tertiary/aromatic N) is 3. The number of rotatable bonds is 5. The zero-order chi connectivity index (χ0) is 16.2. The number of ether oxygens (including phenoxy) is 1. The number of aromatic nitrogens is 3. The van der Waals surface area contributed by atoms with Crippen molar-refractivity contribution in [2.24, 2.45) is 5.73 Å². The highest BCUT2D eigenvalue weighted by Crippen LogP contribution is 2.14. The van der Waals surface area contributed by atoms with E-state index in [-0.39, 0.29) is 30.3 Å². The molecule has 0 aromatic carbocycles. The van der Waals surface area contributed by atoms with Gasteiger partial charge in [-0.05, 0) is 34.6 Å². The third-order valence-corrected chi connectivity index (χ3v) is 2.70. The fraction of sp³-hybridized carbons (Fsp3) is 0.692. The second-order valence-corrected chi connectivity index (χ2v) is 5.67. The Hall–Kier alpha value is -1.96. The molecule has 1 amide bonds. The first-order valence-corrected chi connectivity index (χ1v) is 6.84. The fourth-order valence-electron chi connectivity index (χ4n) is 1.76. The second-order valence-electron chi connectivity index (χ2n) is 5.67. The maximum Gasteiger partial charge on any atom is 0.360 e. The largest absolute Gasteiger partial charge is 0.461 e. The van der Waals surface area contributed by atoms with Gasteiger partial charge in [-0.2, -0.15) is 0 Å².